The minimum absolute atomic E-state index is 0.0356. The van der Waals surface area contributed by atoms with Crippen LogP contribution in [0, 0.1) is 0 Å². The number of halogens is 1. The zero-order chi connectivity index (χ0) is 19.7. The van der Waals surface area contributed by atoms with Crippen molar-refractivity contribution in [2.75, 3.05) is 10.7 Å². The normalized spacial score (nSPS) is 16.2. The number of amidine groups is 1. The lowest BCUT2D eigenvalue weighted by molar-refractivity contribution is -0.117. The van der Waals surface area contributed by atoms with Crippen molar-refractivity contribution in [2.45, 2.75) is 19.4 Å². The van der Waals surface area contributed by atoms with Crippen LogP contribution in [0.25, 0.3) is 10.8 Å². The molecule has 2 aromatic carbocycles. The van der Waals surface area contributed by atoms with Gasteiger partial charge in [0.15, 0.2) is 5.17 Å². The third-order valence-electron chi connectivity index (χ3n) is 4.40. The maximum Gasteiger partial charge on any atom is 0.272 e. The Morgan fingerprint density at radius 2 is 1.93 bits per heavy atom. The topological polar surface area (TPSA) is 78.4 Å². The number of hydrogen-bond donors (Lipinski definition) is 1. The zero-order valence-electron chi connectivity index (χ0n) is 15.1. The number of aromatic amines is 1. The van der Waals surface area contributed by atoms with Crippen LogP contribution in [0.3, 0.4) is 0 Å². The van der Waals surface area contributed by atoms with Crippen LogP contribution in [0.1, 0.15) is 12.6 Å². The molecule has 1 atom stereocenters. The molecular weight excluding hydrogens is 396 g/mol. The average molecular weight is 413 g/mol. The number of hydrogen-bond acceptors (Lipinski definition) is 5. The Morgan fingerprint density at radius 1 is 1.21 bits per heavy atom. The largest absolute Gasteiger partial charge is 0.274 e. The summed E-state index contributed by atoms with van der Waals surface area (Å²) >= 11 is 7.55. The van der Waals surface area contributed by atoms with Crippen LogP contribution in [-0.2, 0) is 11.2 Å². The summed E-state index contributed by atoms with van der Waals surface area (Å²) in [6, 6.07) is 14.4. The van der Waals surface area contributed by atoms with Crippen molar-refractivity contribution < 1.29 is 4.79 Å². The molecule has 1 aliphatic rings. The van der Waals surface area contributed by atoms with Gasteiger partial charge in [-0.1, -0.05) is 41.6 Å². The summed E-state index contributed by atoms with van der Waals surface area (Å²) in [6.45, 7) is 2.02. The number of amides is 1. The second-order valence-corrected chi connectivity index (χ2v) is 7.92. The van der Waals surface area contributed by atoms with Gasteiger partial charge in [-0.15, -0.1) is 0 Å². The Balaban J connectivity index is 1.72. The van der Waals surface area contributed by atoms with Crippen LogP contribution in [0.15, 0.2) is 58.3 Å². The first-order chi connectivity index (χ1) is 13.5. The van der Waals surface area contributed by atoms with Crippen molar-refractivity contribution in [3.63, 3.8) is 0 Å². The minimum atomic E-state index is -0.272. The van der Waals surface area contributed by atoms with Gasteiger partial charge in [0.25, 0.3) is 5.56 Å². The number of nitrogens with zero attached hydrogens (tertiary/aromatic N) is 3. The molecule has 1 amide bonds. The Morgan fingerprint density at radius 3 is 2.61 bits per heavy atom. The van der Waals surface area contributed by atoms with E-state index in [2.05, 4.69) is 15.2 Å². The molecular formula is C20H17ClN4O2S. The summed E-state index contributed by atoms with van der Waals surface area (Å²) in [7, 11) is 0. The molecule has 1 N–H and O–H groups in total. The summed E-state index contributed by atoms with van der Waals surface area (Å²) < 4.78 is 0. The number of carbonyl (C=O) groups excluding carboxylic acids is 1. The molecule has 6 nitrogen and oxygen atoms in total. The Bertz CT molecular complexity index is 1130. The number of benzene rings is 2. The van der Waals surface area contributed by atoms with Gasteiger partial charge in [0.2, 0.25) is 5.91 Å². The van der Waals surface area contributed by atoms with Crippen molar-refractivity contribution in [1.82, 2.24) is 10.2 Å². The lowest BCUT2D eigenvalue weighted by Gasteiger charge is -2.22. The van der Waals surface area contributed by atoms with E-state index >= 15 is 0 Å². The van der Waals surface area contributed by atoms with Crippen molar-refractivity contribution in [3.05, 3.63) is 69.6 Å². The lowest BCUT2D eigenvalue weighted by Crippen LogP contribution is -2.36. The van der Waals surface area contributed by atoms with E-state index in [-0.39, 0.29) is 23.9 Å². The van der Waals surface area contributed by atoms with Crippen molar-refractivity contribution >= 4 is 50.9 Å². The maximum absolute atomic E-state index is 13.3. The number of aliphatic imine (C=N–C) groups is 1. The molecule has 142 valence electrons. The molecule has 0 radical (unpaired) electrons. The van der Waals surface area contributed by atoms with E-state index in [1.165, 1.54) is 0 Å². The van der Waals surface area contributed by atoms with Gasteiger partial charge in [-0.25, -0.2) is 5.10 Å². The van der Waals surface area contributed by atoms with Gasteiger partial charge in [0.05, 0.1) is 29.2 Å². The summed E-state index contributed by atoms with van der Waals surface area (Å²) in [5.41, 5.74) is 0.949. The monoisotopic (exact) mass is 412 g/mol. The van der Waals surface area contributed by atoms with Crippen molar-refractivity contribution in [2.24, 2.45) is 4.99 Å². The highest BCUT2D eigenvalue weighted by atomic mass is 35.5. The average Bonchev–Trinajstić information content (AvgIpc) is 3.12. The predicted octanol–water partition coefficient (Wildman–Crippen LogP) is 3.64. The number of rotatable bonds is 3. The van der Waals surface area contributed by atoms with Gasteiger partial charge in [-0.2, -0.15) is 5.10 Å². The molecule has 8 heteroatoms. The van der Waals surface area contributed by atoms with Gasteiger partial charge >= 0.3 is 0 Å². The lowest BCUT2D eigenvalue weighted by atomic mass is 10.1. The molecule has 4 rings (SSSR count). The maximum atomic E-state index is 13.3. The first-order valence-electron chi connectivity index (χ1n) is 8.78. The van der Waals surface area contributed by atoms with Crippen molar-refractivity contribution in [3.8, 4) is 0 Å². The van der Waals surface area contributed by atoms with Crippen LogP contribution in [0.2, 0.25) is 5.02 Å². The number of carbonyl (C=O) groups is 1. The van der Waals surface area contributed by atoms with E-state index < -0.39 is 0 Å². The SMILES string of the molecule is C[C@H]1CSC(N(C(=O)Cc2n[nH]c(=O)c3ccccc23)c2ccc(Cl)cc2)=N1. The highest BCUT2D eigenvalue weighted by molar-refractivity contribution is 8.14. The zero-order valence-corrected chi connectivity index (χ0v) is 16.6. The minimum Gasteiger partial charge on any atom is -0.274 e. The summed E-state index contributed by atoms with van der Waals surface area (Å²) in [5, 5.41) is 9.05. The van der Waals surface area contributed by atoms with E-state index in [9.17, 15) is 9.59 Å². The summed E-state index contributed by atoms with van der Waals surface area (Å²) in [4.78, 5) is 31.5. The third-order valence-corrected chi connectivity index (χ3v) is 5.85. The number of anilines is 1. The highest BCUT2D eigenvalue weighted by Gasteiger charge is 2.27. The van der Waals surface area contributed by atoms with E-state index in [1.54, 1.807) is 59.1 Å². The fourth-order valence-corrected chi connectivity index (χ4v) is 4.24. The molecule has 1 aromatic heterocycles. The number of H-pyrrole nitrogens is 1. The van der Waals surface area contributed by atoms with Gasteiger partial charge < -0.3 is 0 Å². The van der Waals surface area contributed by atoms with Gasteiger partial charge in [-0.3, -0.25) is 19.5 Å². The molecule has 0 spiro atoms. The smallest absolute Gasteiger partial charge is 0.272 e. The van der Waals surface area contributed by atoms with Crippen LogP contribution < -0.4 is 10.5 Å². The number of thioether (sulfide) groups is 1. The molecule has 0 aliphatic carbocycles. The van der Waals surface area contributed by atoms with Gasteiger partial charge in [0.1, 0.15) is 0 Å². The third kappa shape index (κ3) is 3.68. The van der Waals surface area contributed by atoms with E-state index in [0.717, 1.165) is 5.75 Å². The fraction of sp³-hybridized carbons (Fsp3) is 0.200. The quantitative estimate of drug-likeness (QED) is 0.712. The van der Waals surface area contributed by atoms with Crippen LogP contribution in [-0.4, -0.2) is 33.1 Å². The first kappa shape index (κ1) is 18.7. The Kier molecular flexibility index (Phi) is 5.19. The summed E-state index contributed by atoms with van der Waals surface area (Å²) in [6.07, 6.45) is 0.0356. The second kappa shape index (κ2) is 7.77. The van der Waals surface area contributed by atoms with Gasteiger partial charge in [-0.05, 0) is 37.3 Å². The molecule has 0 bridgehead atoms. The van der Waals surface area contributed by atoms with Crippen molar-refractivity contribution in [1.29, 1.82) is 0 Å². The standard InChI is InChI=1S/C20H17ClN4O2S/c1-12-11-28-20(22-12)25(14-8-6-13(21)7-9-14)18(26)10-17-15-4-2-3-5-16(15)19(27)24-23-17/h2-9,12H,10-11H2,1H3,(H,24,27)/t12-/m0/s1. The number of nitrogens with one attached hydrogen (secondary N) is 1. The molecule has 2 heterocycles. The van der Waals surface area contributed by atoms with Crippen LogP contribution in [0.4, 0.5) is 5.69 Å². The Hall–Kier alpha value is -2.64. The predicted molar refractivity (Wildman–Crippen MR) is 114 cm³/mol. The van der Waals surface area contributed by atoms with E-state index in [4.69, 9.17) is 11.6 Å². The molecule has 0 fully saturated rings. The number of fused-ring (bicyclic) bond motifs is 1. The Labute approximate surface area is 170 Å². The van der Waals surface area contributed by atoms with Crippen LogP contribution >= 0.6 is 23.4 Å². The van der Waals surface area contributed by atoms with Gasteiger partial charge in [0, 0.05) is 16.2 Å². The highest BCUT2D eigenvalue weighted by Crippen LogP contribution is 2.28. The summed E-state index contributed by atoms with van der Waals surface area (Å²) in [5.74, 6) is 0.652. The number of aromatic nitrogens is 2. The second-order valence-electron chi connectivity index (χ2n) is 6.50. The molecule has 3 aromatic rings. The molecule has 0 saturated heterocycles. The molecule has 28 heavy (non-hydrogen) atoms. The van der Waals surface area contributed by atoms with E-state index in [0.29, 0.717) is 32.3 Å². The molecule has 1 aliphatic heterocycles. The van der Waals surface area contributed by atoms with E-state index in [1.807, 2.05) is 13.0 Å². The molecule has 0 unspecified atom stereocenters. The van der Waals surface area contributed by atoms with Crippen LogP contribution in [0.5, 0.6) is 0 Å². The first-order valence-corrected chi connectivity index (χ1v) is 10.1. The fourth-order valence-electron chi connectivity index (χ4n) is 3.06. The molecule has 0 saturated carbocycles.